The molecule has 0 aliphatic carbocycles. The smallest absolute Gasteiger partial charge is 0.328 e. The number of rotatable bonds is 10. The number of carbonyl (C=O) groups excluding carboxylic acids is 4. The summed E-state index contributed by atoms with van der Waals surface area (Å²) in [5, 5.41) is 15.9. The largest absolute Gasteiger partial charge is 0.483 e. The van der Waals surface area contributed by atoms with Crippen molar-refractivity contribution in [1.82, 2.24) is 30.3 Å². The molecule has 0 saturated carbocycles. The van der Waals surface area contributed by atoms with Gasteiger partial charge in [0.25, 0.3) is 5.91 Å². The third-order valence-electron chi connectivity index (χ3n) is 10.5. The molecule has 2 N–H and O–H groups in total. The van der Waals surface area contributed by atoms with Crippen molar-refractivity contribution in [2.75, 3.05) is 37.7 Å². The molecule has 7 rings (SSSR count). The van der Waals surface area contributed by atoms with E-state index in [1.54, 1.807) is 29.5 Å². The summed E-state index contributed by atoms with van der Waals surface area (Å²) in [6.07, 6.45) is 2.88. The Morgan fingerprint density at radius 3 is 2.50 bits per heavy atom. The summed E-state index contributed by atoms with van der Waals surface area (Å²) in [4.78, 5) is 60.3. The standard InChI is InChI=1S/C39H43ClN8O5S/c1-22-24(3)54-38-35(22)36(27-8-10-28(40)11-9-27)42-29(37-45-44-25(4)48(37)38)20-34(51)46-17-13-26(14-18-46)12-16-41-33(50)21-53-31-7-5-6-30(23(31)2)47-19-15-32(49)43-39(47)52/h5-11,26,29H,12-21H2,1-4H3,(H,41,50)(H,43,49,52)/t29-/m0/s1. The Bertz CT molecular complexity index is 2140. The van der Waals surface area contributed by atoms with Crippen molar-refractivity contribution in [3.05, 3.63) is 86.3 Å². The number of aliphatic imine (C=N–C) groups is 1. The molecule has 282 valence electrons. The number of nitrogens with zero attached hydrogens (tertiary/aromatic N) is 6. The number of carbonyl (C=O) groups is 4. The molecule has 4 aromatic rings. The van der Waals surface area contributed by atoms with Gasteiger partial charge in [-0.15, -0.1) is 21.5 Å². The summed E-state index contributed by atoms with van der Waals surface area (Å²) in [5.41, 5.74) is 5.28. The normalized spacial score (nSPS) is 17.4. The van der Waals surface area contributed by atoms with Gasteiger partial charge in [-0.2, -0.15) is 0 Å². The number of anilines is 1. The van der Waals surface area contributed by atoms with Gasteiger partial charge in [-0.25, -0.2) is 4.79 Å². The van der Waals surface area contributed by atoms with Crippen LogP contribution in [-0.2, 0) is 14.4 Å². The summed E-state index contributed by atoms with van der Waals surface area (Å²) < 4.78 is 7.88. The number of halogens is 1. The average molecular weight is 771 g/mol. The van der Waals surface area contributed by atoms with Crippen molar-refractivity contribution in [1.29, 1.82) is 0 Å². The zero-order valence-electron chi connectivity index (χ0n) is 30.8. The van der Waals surface area contributed by atoms with Gasteiger partial charge in [-0.05, 0) is 82.7 Å². The topological polar surface area (TPSA) is 151 Å². The molecular formula is C39H43ClN8O5S. The maximum absolute atomic E-state index is 13.9. The van der Waals surface area contributed by atoms with Crippen LogP contribution in [0.4, 0.5) is 10.5 Å². The number of amides is 5. The van der Waals surface area contributed by atoms with E-state index < -0.39 is 12.1 Å². The van der Waals surface area contributed by atoms with Crippen LogP contribution in [0.3, 0.4) is 0 Å². The van der Waals surface area contributed by atoms with Gasteiger partial charge < -0.3 is 15.0 Å². The first kappa shape index (κ1) is 37.2. The predicted molar refractivity (Wildman–Crippen MR) is 207 cm³/mol. The van der Waals surface area contributed by atoms with Crippen LogP contribution in [0.25, 0.3) is 5.00 Å². The van der Waals surface area contributed by atoms with Crippen LogP contribution in [-0.4, -0.2) is 81.9 Å². The minimum Gasteiger partial charge on any atom is -0.483 e. The number of benzene rings is 2. The number of urea groups is 1. The predicted octanol–water partition coefficient (Wildman–Crippen LogP) is 5.77. The molecule has 1 atom stereocenters. The molecule has 15 heteroatoms. The molecule has 5 amide bonds. The quantitative estimate of drug-likeness (QED) is 0.208. The first-order chi connectivity index (χ1) is 26.0. The van der Waals surface area contributed by atoms with Crippen LogP contribution in [0.5, 0.6) is 5.75 Å². The zero-order chi connectivity index (χ0) is 38.1. The van der Waals surface area contributed by atoms with Crippen LogP contribution in [0.15, 0.2) is 47.5 Å². The summed E-state index contributed by atoms with van der Waals surface area (Å²) in [6, 6.07) is 12.0. The van der Waals surface area contributed by atoms with Gasteiger partial charge in [0, 0.05) is 59.2 Å². The molecule has 2 aromatic carbocycles. The third kappa shape index (κ3) is 7.62. The van der Waals surface area contributed by atoms with E-state index in [-0.39, 0.29) is 43.7 Å². The first-order valence-electron chi connectivity index (χ1n) is 18.2. The number of aryl methyl sites for hydroxylation is 2. The van der Waals surface area contributed by atoms with Crippen LogP contribution in [0.1, 0.15) is 76.9 Å². The molecule has 5 heterocycles. The number of fused-ring (bicyclic) bond motifs is 3. The van der Waals surface area contributed by atoms with Gasteiger partial charge in [-0.1, -0.05) is 29.8 Å². The lowest BCUT2D eigenvalue weighted by Crippen LogP contribution is -2.49. The van der Waals surface area contributed by atoms with Crippen LogP contribution in [0.2, 0.25) is 5.02 Å². The number of ether oxygens (including phenoxy) is 1. The van der Waals surface area contributed by atoms with Gasteiger partial charge in [0.2, 0.25) is 11.8 Å². The van der Waals surface area contributed by atoms with Crippen LogP contribution < -0.4 is 20.3 Å². The molecule has 0 spiro atoms. The highest BCUT2D eigenvalue weighted by molar-refractivity contribution is 7.15. The fourth-order valence-corrected chi connectivity index (χ4v) is 8.69. The molecular weight excluding hydrogens is 728 g/mol. The maximum Gasteiger partial charge on any atom is 0.328 e. The zero-order valence-corrected chi connectivity index (χ0v) is 32.4. The van der Waals surface area contributed by atoms with Crippen molar-refractivity contribution in [2.24, 2.45) is 10.9 Å². The van der Waals surface area contributed by atoms with Gasteiger partial charge in [-0.3, -0.25) is 34.2 Å². The lowest BCUT2D eigenvalue weighted by molar-refractivity contribution is -0.133. The van der Waals surface area contributed by atoms with Crippen molar-refractivity contribution in [3.63, 3.8) is 0 Å². The second kappa shape index (κ2) is 15.7. The Balaban J connectivity index is 0.927. The van der Waals surface area contributed by atoms with E-state index in [9.17, 15) is 19.2 Å². The minimum atomic E-state index is -0.514. The number of piperidine rings is 1. The van der Waals surface area contributed by atoms with Crippen molar-refractivity contribution >= 4 is 58.1 Å². The molecule has 3 aliphatic heterocycles. The Hall–Kier alpha value is -5.08. The fourth-order valence-electron chi connectivity index (χ4n) is 7.35. The molecule has 0 unspecified atom stereocenters. The number of thiophene rings is 1. The van der Waals surface area contributed by atoms with E-state index in [1.807, 2.05) is 43.0 Å². The summed E-state index contributed by atoms with van der Waals surface area (Å²) >= 11 is 7.93. The van der Waals surface area contributed by atoms with Crippen molar-refractivity contribution in [3.8, 4) is 10.8 Å². The molecule has 2 fully saturated rings. The lowest BCUT2D eigenvalue weighted by Gasteiger charge is -2.32. The highest BCUT2D eigenvalue weighted by Crippen LogP contribution is 2.40. The number of nitrogens with one attached hydrogen (secondary N) is 2. The Morgan fingerprint density at radius 2 is 1.76 bits per heavy atom. The highest BCUT2D eigenvalue weighted by atomic mass is 35.5. The average Bonchev–Trinajstić information content (AvgIpc) is 3.63. The molecule has 54 heavy (non-hydrogen) atoms. The Morgan fingerprint density at radius 1 is 1.00 bits per heavy atom. The van der Waals surface area contributed by atoms with E-state index in [2.05, 4.69) is 39.2 Å². The second-order valence-electron chi connectivity index (χ2n) is 14.0. The highest BCUT2D eigenvalue weighted by Gasteiger charge is 2.34. The van der Waals surface area contributed by atoms with Crippen LogP contribution >= 0.6 is 22.9 Å². The number of likely N-dealkylation sites (tertiary alicyclic amines) is 1. The molecule has 0 radical (unpaired) electrons. The Kier molecular flexibility index (Phi) is 10.8. The molecule has 2 saturated heterocycles. The first-order valence-corrected chi connectivity index (χ1v) is 19.4. The summed E-state index contributed by atoms with van der Waals surface area (Å²) in [6.45, 7) is 9.86. The van der Waals surface area contributed by atoms with Gasteiger partial charge in [0.15, 0.2) is 12.4 Å². The SMILES string of the molecule is Cc1sc2c(c1C)C(c1ccc(Cl)cc1)=N[C@@H](CC(=O)N1CCC(CCNC(=O)COc3cccc(N4CCC(=O)NC4=O)c3C)CC1)c1nnc(C)n1-2. The van der Waals surface area contributed by atoms with E-state index in [0.29, 0.717) is 53.4 Å². The molecule has 0 bridgehead atoms. The third-order valence-corrected chi connectivity index (χ3v) is 12.0. The van der Waals surface area contributed by atoms with Gasteiger partial charge >= 0.3 is 6.03 Å². The van der Waals surface area contributed by atoms with Gasteiger partial charge in [0.1, 0.15) is 22.6 Å². The minimum absolute atomic E-state index is 0.0298. The van der Waals surface area contributed by atoms with Crippen LogP contribution in [0, 0.1) is 33.6 Å². The van der Waals surface area contributed by atoms with E-state index in [4.69, 9.17) is 21.3 Å². The number of imide groups is 1. The van der Waals surface area contributed by atoms with Gasteiger partial charge in [0.05, 0.1) is 17.8 Å². The number of aromatic nitrogens is 3. The molecule has 2 aromatic heterocycles. The Labute approximate surface area is 322 Å². The fraction of sp³-hybridized carbons (Fsp3) is 0.410. The van der Waals surface area contributed by atoms with E-state index >= 15 is 0 Å². The molecule has 3 aliphatic rings. The summed E-state index contributed by atoms with van der Waals surface area (Å²) in [7, 11) is 0. The van der Waals surface area contributed by atoms with E-state index in [0.717, 1.165) is 52.5 Å². The number of hydrogen-bond donors (Lipinski definition) is 2. The van der Waals surface area contributed by atoms with E-state index in [1.165, 1.54) is 9.78 Å². The second-order valence-corrected chi connectivity index (χ2v) is 15.7. The number of hydrogen-bond acceptors (Lipinski definition) is 9. The van der Waals surface area contributed by atoms with Crippen molar-refractivity contribution in [2.45, 2.75) is 65.8 Å². The summed E-state index contributed by atoms with van der Waals surface area (Å²) in [5.74, 6) is 1.78. The lowest BCUT2D eigenvalue weighted by atomic mass is 9.93. The maximum atomic E-state index is 13.9. The monoisotopic (exact) mass is 770 g/mol. The molecule has 13 nitrogen and oxygen atoms in total. The van der Waals surface area contributed by atoms with Crippen molar-refractivity contribution < 1.29 is 23.9 Å².